The van der Waals surface area contributed by atoms with Gasteiger partial charge in [-0.2, -0.15) is 9.78 Å². The molecule has 0 aliphatic carbocycles. The molecular weight excluding hydrogens is 292 g/mol. The highest BCUT2D eigenvalue weighted by Gasteiger charge is 2.19. The lowest BCUT2D eigenvalue weighted by Gasteiger charge is -2.35. The van der Waals surface area contributed by atoms with Gasteiger partial charge in [-0.05, 0) is 24.3 Å². The quantitative estimate of drug-likeness (QED) is 0.689. The van der Waals surface area contributed by atoms with Gasteiger partial charge in [-0.1, -0.05) is 6.07 Å². The molecule has 0 spiro atoms. The van der Waals surface area contributed by atoms with E-state index in [1.807, 2.05) is 24.3 Å². The third kappa shape index (κ3) is 2.53. The fourth-order valence-corrected chi connectivity index (χ4v) is 2.71. The average molecular weight is 306 g/mol. The number of fused-ring (bicyclic) bond motifs is 1. The Hall–Kier alpha value is -3.21. The van der Waals surface area contributed by atoms with Crippen LogP contribution in [0.1, 0.15) is 5.69 Å². The van der Waals surface area contributed by atoms with E-state index in [4.69, 9.17) is 5.26 Å². The number of piperazine rings is 1. The van der Waals surface area contributed by atoms with Gasteiger partial charge in [0.25, 0.3) is 0 Å². The second kappa shape index (κ2) is 5.53. The molecule has 0 atom stereocenters. The normalized spacial score (nSPS) is 14.9. The highest BCUT2D eigenvalue weighted by molar-refractivity contribution is 5.48. The number of hydrogen-bond acceptors (Lipinski definition) is 7. The molecule has 0 unspecified atom stereocenters. The van der Waals surface area contributed by atoms with Gasteiger partial charge in [0.1, 0.15) is 29.7 Å². The molecule has 0 bridgehead atoms. The molecule has 8 heteroatoms. The molecule has 1 saturated heterocycles. The molecule has 0 N–H and O–H groups in total. The van der Waals surface area contributed by atoms with Crippen LogP contribution < -0.4 is 9.80 Å². The molecule has 4 rings (SSSR count). The molecule has 1 fully saturated rings. The zero-order chi connectivity index (χ0) is 15.6. The van der Waals surface area contributed by atoms with Crippen molar-refractivity contribution in [3.63, 3.8) is 0 Å². The number of rotatable bonds is 2. The minimum absolute atomic E-state index is 0.449. The van der Waals surface area contributed by atoms with Gasteiger partial charge in [-0.15, -0.1) is 15.3 Å². The summed E-state index contributed by atoms with van der Waals surface area (Å²) in [5.41, 5.74) is 1.19. The van der Waals surface area contributed by atoms with Gasteiger partial charge in [-0.3, -0.25) is 0 Å². The van der Waals surface area contributed by atoms with Crippen molar-refractivity contribution in [2.45, 2.75) is 0 Å². The van der Waals surface area contributed by atoms with Crippen molar-refractivity contribution in [1.29, 1.82) is 5.26 Å². The maximum Gasteiger partial charge on any atom is 0.177 e. The first-order chi connectivity index (χ1) is 11.3. The van der Waals surface area contributed by atoms with Gasteiger partial charge in [0, 0.05) is 26.2 Å². The van der Waals surface area contributed by atoms with Crippen LogP contribution in [0.5, 0.6) is 0 Å². The van der Waals surface area contributed by atoms with E-state index in [-0.39, 0.29) is 0 Å². The Morgan fingerprint density at radius 1 is 0.957 bits per heavy atom. The van der Waals surface area contributed by atoms with Crippen LogP contribution in [0.4, 0.5) is 11.6 Å². The van der Waals surface area contributed by atoms with Gasteiger partial charge in [0.05, 0.1) is 0 Å². The summed E-state index contributed by atoms with van der Waals surface area (Å²) in [6.45, 7) is 3.37. The molecule has 0 aromatic carbocycles. The van der Waals surface area contributed by atoms with Crippen LogP contribution in [0.25, 0.3) is 5.65 Å². The van der Waals surface area contributed by atoms with E-state index in [0.717, 1.165) is 43.5 Å². The van der Waals surface area contributed by atoms with Crippen molar-refractivity contribution in [3.05, 3.63) is 42.4 Å². The Morgan fingerprint density at radius 2 is 1.74 bits per heavy atom. The average Bonchev–Trinajstić information content (AvgIpc) is 3.09. The first-order valence-electron chi connectivity index (χ1n) is 7.37. The van der Waals surface area contributed by atoms with E-state index in [9.17, 15) is 0 Å². The van der Waals surface area contributed by atoms with Crippen LogP contribution in [-0.4, -0.2) is 51.0 Å². The zero-order valence-electron chi connectivity index (χ0n) is 12.4. The number of hydrogen-bond donors (Lipinski definition) is 0. The Bertz CT molecular complexity index is 872. The van der Waals surface area contributed by atoms with Gasteiger partial charge < -0.3 is 9.80 Å². The van der Waals surface area contributed by atoms with Crippen molar-refractivity contribution in [2.24, 2.45) is 0 Å². The Morgan fingerprint density at radius 3 is 2.52 bits per heavy atom. The highest BCUT2D eigenvalue weighted by atomic mass is 15.4. The van der Waals surface area contributed by atoms with Crippen molar-refractivity contribution < 1.29 is 0 Å². The summed E-state index contributed by atoms with van der Waals surface area (Å²) in [6.07, 6.45) is 1.60. The predicted octanol–water partition coefficient (Wildman–Crippen LogP) is 0.718. The molecule has 1 aliphatic rings. The summed E-state index contributed by atoms with van der Waals surface area (Å²) < 4.78 is 1.68. The van der Waals surface area contributed by atoms with Crippen LogP contribution in [0.2, 0.25) is 0 Å². The summed E-state index contributed by atoms with van der Waals surface area (Å²) in [6, 6.07) is 11.5. The van der Waals surface area contributed by atoms with Crippen molar-refractivity contribution in [1.82, 2.24) is 24.8 Å². The van der Waals surface area contributed by atoms with Crippen LogP contribution in [-0.2, 0) is 0 Å². The Kier molecular flexibility index (Phi) is 3.24. The fraction of sp³-hybridized carbons (Fsp3) is 0.267. The lowest BCUT2D eigenvalue weighted by Crippen LogP contribution is -2.47. The standard InChI is InChI=1S/C15H14N8/c16-10-12-2-1-3-13(18-12)21-6-8-22(9-7-21)15-5-4-14-19-17-11-23(14)20-15/h1-5,11H,6-9H2. The molecule has 23 heavy (non-hydrogen) atoms. The lowest BCUT2D eigenvalue weighted by atomic mass is 10.3. The lowest BCUT2D eigenvalue weighted by molar-refractivity contribution is 0.636. The van der Waals surface area contributed by atoms with Crippen LogP contribution in [0.15, 0.2) is 36.7 Å². The smallest absolute Gasteiger partial charge is 0.177 e. The first kappa shape index (κ1) is 13.5. The van der Waals surface area contributed by atoms with E-state index in [2.05, 4.69) is 36.1 Å². The summed E-state index contributed by atoms with van der Waals surface area (Å²) in [7, 11) is 0. The third-order valence-electron chi connectivity index (χ3n) is 3.92. The number of nitriles is 1. The molecule has 8 nitrogen and oxygen atoms in total. The molecule has 1 aliphatic heterocycles. The minimum Gasteiger partial charge on any atom is -0.353 e. The first-order valence-corrected chi connectivity index (χ1v) is 7.37. The molecule has 0 amide bonds. The molecule has 3 aromatic rings. The van der Waals surface area contributed by atoms with Crippen molar-refractivity contribution in [3.8, 4) is 6.07 Å². The summed E-state index contributed by atoms with van der Waals surface area (Å²) in [5, 5.41) is 21.3. The predicted molar refractivity (Wildman–Crippen MR) is 84.2 cm³/mol. The van der Waals surface area contributed by atoms with E-state index >= 15 is 0 Å². The number of pyridine rings is 1. The summed E-state index contributed by atoms with van der Waals surface area (Å²) >= 11 is 0. The zero-order valence-corrected chi connectivity index (χ0v) is 12.4. The SMILES string of the molecule is N#Cc1cccc(N2CCN(c3ccc4nncn4n3)CC2)n1. The monoisotopic (exact) mass is 306 g/mol. The molecule has 0 radical (unpaired) electrons. The second-order valence-corrected chi connectivity index (χ2v) is 5.29. The Labute approximate surface area is 132 Å². The topological polar surface area (TPSA) is 86.2 Å². The van der Waals surface area contributed by atoms with Gasteiger partial charge >= 0.3 is 0 Å². The van der Waals surface area contributed by atoms with Gasteiger partial charge in [0.2, 0.25) is 0 Å². The summed E-state index contributed by atoms with van der Waals surface area (Å²) in [4.78, 5) is 8.77. The molecule has 3 aromatic heterocycles. The molecule has 114 valence electrons. The maximum atomic E-state index is 8.96. The van der Waals surface area contributed by atoms with Gasteiger partial charge in [0.15, 0.2) is 5.65 Å². The third-order valence-corrected chi connectivity index (χ3v) is 3.92. The van der Waals surface area contributed by atoms with E-state index in [1.165, 1.54) is 0 Å². The second-order valence-electron chi connectivity index (χ2n) is 5.29. The van der Waals surface area contributed by atoms with Crippen molar-refractivity contribution >= 4 is 17.3 Å². The maximum absolute atomic E-state index is 8.96. The van der Waals surface area contributed by atoms with E-state index in [0.29, 0.717) is 5.69 Å². The molecule has 0 saturated carbocycles. The minimum atomic E-state index is 0.449. The van der Waals surface area contributed by atoms with Crippen LogP contribution in [0, 0.1) is 11.3 Å². The fourth-order valence-electron chi connectivity index (χ4n) is 2.71. The molecular formula is C15H14N8. The van der Waals surface area contributed by atoms with E-state index in [1.54, 1.807) is 16.9 Å². The van der Waals surface area contributed by atoms with Crippen molar-refractivity contribution in [2.75, 3.05) is 36.0 Å². The van der Waals surface area contributed by atoms with Gasteiger partial charge in [-0.25, -0.2) is 4.98 Å². The van der Waals surface area contributed by atoms with Crippen LogP contribution in [0.3, 0.4) is 0 Å². The largest absolute Gasteiger partial charge is 0.353 e. The number of aromatic nitrogens is 5. The number of anilines is 2. The Balaban J connectivity index is 1.49. The highest BCUT2D eigenvalue weighted by Crippen LogP contribution is 2.18. The summed E-state index contributed by atoms with van der Waals surface area (Å²) in [5.74, 6) is 1.77. The number of nitrogens with zero attached hydrogens (tertiary/aromatic N) is 8. The van der Waals surface area contributed by atoms with E-state index < -0.39 is 0 Å². The van der Waals surface area contributed by atoms with Crippen LogP contribution >= 0.6 is 0 Å². The molecule has 4 heterocycles.